The summed E-state index contributed by atoms with van der Waals surface area (Å²) in [5.41, 5.74) is 5.33. The average molecular weight is 247 g/mol. The van der Waals surface area contributed by atoms with Crippen molar-refractivity contribution in [3.8, 4) is 0 Å². The molecule has 0 heterocycles. The van der Waals surface area contributed by atoms with Gasteiger partial charge in [-0.25, -0.2) is 0 Å². The third kappa shape index (κ3) is 9.20. The lowest BCUT2D eigenvalue weighted by Crippen LogP contribution is -2.19. The highest BCUT2D eigenvalue weighted by Gasteiger charge is 2.02. The maximum absolute atomic E-state index is 5.62. The number of hydrogen-bond acceptors (Lipinski definition) is 3. The largest absolute Gasteiger partial charge is 0.346 e. The average Bonchev–Trinajstić information content (AvgIpc) is 2.13. The summed E-state index contributed by atoms with van der Waals surface area (Å²) in [6, 6.07) is 0. The van der Waals surface area contributed by atoms with Crippen molar-refractivity contribution in [2.24, 2.45) is 5.73 Å². The molecule has 0 bridgehead atoms. The van der Waals surface area contributed by atoms with Gasteiger partial charge in [-0.2, -0.15) is 0 Å². The number of nitrogens with two attached hydrogens (primary N) is 1. The van der Waals surface area contributed by atoms with Crippen LogP contribution in [0.1, 0.15) is 6.42 Å². The summed E-state index contributed by atoms with van der Waals surface area (Å²) in [6.45, 7) is 3.05. The summed E-state index contributed by atoms with van der Waals surface area (Å²) >= 11 is 11.2. The van der Waals surface area contributed by atoms with Gasteiger partial charge in [0.1, 0.15) is 0 Å². The van der Waals surface area contributed by atoms with Crippen LogP contribution in [0.15, 0.2) is 0 Å². The summed E-state index contributed by atoms with van der Waals surface area (Å²) in [4.78, 5) is 0. The van der Waals surface area contributed by atoms with E-state index in [1.54, 1.807) is 0 Å². The molecular formula is C7H17Cl2N2OP. The summed E-state index contributed by atoms with van der Waals surface area (Å²) < 4.78 is 7.51. The van der Waals surface area contributed by atoms with Crippen molar-refractivity contribution in [1.82, 2.24) is 4.67 Å². The molecule has 1 unspecified atom stereocenters. The molecule has 0 aromatic carbocycles. The van der Waals surface area contributed by atoms with E-state index < -0.39 is 0 Å². The van der Waals surface area contributed by atoms with Crippen LogP contribution in [0.2, 0.25) is 0 Å². The molecule has 0 fully saturated rings. The lowest BCUT2D eigenvalue weighted by molar-refractivity contribution is 0.323. The molecule has 0 rings (SSSR count). The maximum atomic E-state index is 5.62. The molecule has 0 aliphatic rings. The normalized spacial score (nSPS) is 12.0. The molecule has 0 radical (unpaired) electrons. The Labute approximate surface area is 91.8 Å². The van der Waals surface area contributed by atoms with Gasteiger partial charge in [-0.1, -0.05) is 0 Å². The van der Waals surface area contributed by atoms with E-state index in [1.165, 1.54) is 0 Å². The predicted molar refractivity (Wildman–Crippen MR) is 61.0 cm³/mol. The first-order chi connectivity index (χ1) is 6.35. The smallest absolute Gasteiger partial charge is 0.0889 e. The van der Waals surface area contributed by atoms with Crippen molar-refractivity contribution in [1.29, 1.82) is 0 Å². The first-order valence-electron chi connectivity index (χ1n) is 4.29. The van der Waals surface area contributed by atoms with E-state index in [0.29, 0.717) is 27.3 Å². The zero-order valence-electron chi connectivity index (χ0n) is 7.64. The lowest BCUT2D eigenvalue weighted by atomic mass is 10.5. The SMILES string of the molecule is NCCCOPN(CCCl)CCCl. The van der Waals surface area contributed by atoms with Gasteiger partial charge in [-0.15, -0.1) is 23.2 Å². The fraction of sp³-hybridized carbons (Fsp3) is 1.00. The van der Waals surface area contributed by atoms with Crippen molar-refractivity contribution in [2.45, 2.75) is 6.42 Å². The van der Waals surface area contributed by atoms with E-state index in [-0.39, 0.29) is 0 Å². The molecule has 80 valence electrons. The molecule has 6 heteroatoms. The van der Waals surface area contributed by atoms with E-state index in [4.69, 9.17) is 33.5 Å². The first-order valence-corrected chi connectivity index (χ1v) is 6.22. The number of rotatable bonds is 9. The van der Waals surface area contributed by atoms with E-state index >= 15 is 0 Å². The topological polar surface area (TPSA) is 38.5 Å². The minimum atomic E-state index is 0.356. The Morgan fingerprint density at radius 3 is 2.31 bits per heavy atom. The van der Waals surface area contributed by atoms with Crippen LogP contribution in [0, 0.1) is 0 Å². The monoisotopic (exact) mass is 246 g/mol. The summed E-state index contributed by atoms with van der Waals surface area (Å²) in [6.07, 6.45) is 0.905. The van der Waals surface area contributed by atoms with Crippen molar-refractivity contribution < 1.29 is 4.52 Å². The molecule has 13 heavy (non-hydrogen) atoms. The minimum absolute atomic E-state index is 0.356. The van der Waals surface area contributed by atoms with E-state index in [2.05, 4.69) is 4.67 Å². The first kappa shape index (κ1) is 13.9. The second-order valence-electron chi connectivity index (χ2n) is 2.45. The lowest BCUT2D eigenvalue weighted by Gasteiger charge is -2.18. The van der Waals surface area contributed by atoms with Crippen LogP contribution in [-0.2, 0) is 4.52 Å². The van der Waals surface area contributed by atoms with E-state index in [0.717, 1.165) is 26.1 Å². The number of hydrogen-bond donors (Lipinski definition) is 1. The highest BCUT2D eigenvalue weighted by Crippen LogP contribution is 2.19. The highest BCUT2D eigenvalue weighted by molar-refractivity contribution is 7.29. The summed E-state index contributed by atoms with van der Waals surface area (Å²) in [7, 11) is 0.356. The maximum Gasteiger partial charge on any atom is 0.0889 e. The zero-order valence-corrected chi connectivity index (χ0v) is 10.2. The van der Waals surface area contributed by atoms with Gasteiger partial charge in [0.2, 0.25) is 0 Å². The van der Waals surface area contributed by atoms with Gasteiger partial charge in [0.15, 0.2) is 0 Å². The zero-order chi connectivity index (χ0) is 9.94. The van der Waals surface area contributed by atoms with Crippen LogP contribution >= 0.6 is 32.2 Å². The fourth-order valence-corrected chi connectivity index (χ4v) is 2.22. The van der Waals surface area contributed by atoms with Gasteiger partial charge >= 0.3 is 0 Å². The highest BCUT2D eigenvalue weighted by atomic mass is 35.5. The molecule has 2 N–H and O–H groups in total. The Balaban J connectivity index is 3.33. The van der Waals surface area contributed by atoms with Crippen LogP contribution in [0.4, 0.5) is 0 Å². The second kappa shape index (κ2) is 11.0. The number of nitrogens with zero attached hydrogens (tertiary/aromatic N) is 1. The standard InChI is InChI=1S/C7H17Cl2N2OP/c8-2-5-11(6-3-9)13-12-7-1-4-10/h13H,1-7,10H2. The van der Waals surface area contributed by atoms with Gasteiger partial charge in [0, 0.05) is 24.8 Å². The molecule has 0 aromatic rings. The van der Waals surface area contributed by atoms with Gasteiger partial charge in [-0.05, 0) is 13.0 Å². The third-order valence-corrected chi connectivity index (χ3v) is 2.73. The minimum Gasteiger partial charge on any atom is -0.346 e. The van der Waals surface area contributed by atoms with Crippen molar-refractivity contribution in [3.63, 3.8) is 0 Å². The Bertz CT molecular complexity index is 104. The molecule has 0 saturated carbocycles. The van der Waals surface area contributed by atoms with Crippen LogP contribution in [0.5, 0.6) is 0 Å². The van der Waals surface area contributed by atoms with E-state index in [1.807, 2.05) is 0 Å². The van der Waals surface area contributed by atoms with Crippen LogP contribution in [0.25, 0.3) is 0 Å². The fourth-order valence-electron chi connectivity index (χ4n) is 0.700. The number of alkyl halides is 2. The quantitative estimate of drug-likeness (QED) is 0.382. The summed E-state index contributed by atoms with van der Waals surface area (Å²) in [5, 5.41) is 0. The van der Waals surface area contributed by atoms with Crippen molar-refractivity contribution >= 4 is 32.2 Å². The summed E-state index contributed by atoms with van der Waals surface area (Å²) in [5.74, 6) is 1.23. The molecule has 0 saturated heterocycles. The van der Waals surface area contributed by atoms with Gasteiger partial charge in [0.05, 0.1) is 15.6 Å². The van der Waals surface area contributed by atoms with Crippen molar-refractivity contribution in [2.75, 3.05) is 38.0 Å². The van der Waals surface area contributed by atoms with Crippen LogP contribution in [-0.4, -0.2) is 42.7 Å². The predicted octanol–water partition coefficient (Wildman–Crippen LogP) is 1.64. The third-order valence-electron chi connectivity index (χ3n) is 1.35. The number of halogens is 2. The van der Waals surface area contributed by atoms with Crippen LogP contribution in [0.3, 0.4) is 0 Å². The Morgan fingerprint density at radius 2 is 1.85 bits per heavy atom. The molecule has 0 aliphatic carbocycles. The Kier molecular flexibility index (Phi) is 11.7. The van der Waals surface area contributed by atoms with E-state index in [9.17, 15) is 0 Å². The van der Waals surface area contributed by atoms with Gasteiger partial charge < -0.3 is 10.3 Å². The van der Waals surface area contributed by atoms with Gasteiger partial charge in [0.25, 0.3) is 0 Å². The molecule has 3 nitrogen and oxygen atoms in total. The second-order valence-corrected chi connectivity index (χ2v) is 4.31. The van der Waals surface area contributed by atoms with Gasteiger partial charge in [-0.3, -0.25) is 4.67 Å². The van der Waals surface area contributed by atoms with Crippen molar-refractivity contribution in [3.05, 3.63) is 0 Å². The van der Waals surface area contributed by atoms with Crippen LogP contribution < -0.4 is 5.73 Å². The molecule has 0 aliphatic heterocycles. The molecule has 0 amide bonds. The Hall–Kier alpha value is 0.890. The molecular weight excluding hydrogens is 230 g/mol. The molecule has 0 spiro atoms. The molecule has 1 atom stereocenters. The molecule has 0 aromatic heterocycles. The Morgan fingerprint density at radius 1 is 1.23 bits per heavy atom.